The quantitative estimate of drug-likeness (QED) is 0.389. The van der Waals surface area contributed by atoms with Gasteiger partial charge in [-0.25, -0.2) is 9.86 Å². The molecule has 0 aliphatic carbocycles. The number of methoxy groups -OCH3 is 1. The van der Waals surface area contributed by atoms with Crippen LogP contribution in [0.15, 0.2) is 77.1 Å². The molecule has 0 bridgehead atoms. The Morgan fingerprint density at radius 3 is 2.36 bits per heavy atom. The fraction of sp³-hybridized carbons (Fsp3) is 0.250. The molecule has 9 nitrogen and oxygen atoms in total. The number of nitro benzene ring substituents is 1. The topological polar surface area (TPSA) is 111 Å². The molecule has 1 atom stereocenters. The lowest BCUT2D eigenvalue weighted by molar-refractivity contribution is -0.384. The zero-order chi connectivity index (χ0) is 24.1. The highest BCUT2D eigenvalue weighted by atomic mass is 16.7. The van der Waals surface area contributed by atoms with E-state index in [1.54, 1.807) is 19.9 Å². The molecule has 1 aliphatic heterocycles. The van der Waals surface area contributed by atoms with E-state index in [0.717, 1.165) is 10.6 Å². The Hall–Kier alpha value is -3.98. The summed E-state index contributed by atoms with van der Waals surface area (Å²) < 4.78 is 4.97. The summed E-state index contributed by atoms with van der Waals surface area (Å²) in [5, 5.41) is 15.5. The summed E-state index contributed by atoms with van der Waals surface area (Å²) in [4.78, 5) is 42.7. The van der Waals surface area contributed by atoms with E-state index in [1.165, 1.54) is 32.4 Å². The Balaban J connectivity index is 2.02. The third-order valence-corrected chi connectivity index (χ3v) is 5.36. The minimum Gasteiger partial charge on any atom is -0.466 e. The lowest BCUT2D eigenvalue weighted by atomic mass is 9.80. The van der Waals surface area contributed by atoms with Gasteiger partial charge in [0.1, 0.15) is 6.61 Å². The molecule has 1 amide bonds. The van der Waals surface area contributed by atoms with E-state index < -0.39 is 22.7 Å². The third-order valence-electron chi connectivity index (χ3n) is 5.36. The second-order valence-electron chi connectivity index (χ2n) is 7.54. The summed E-state index contributed by atoms with van der Waals surface area (Å²) in [6.07, 6.45) is 0. The summed E-state index contributed by atoms with van der Waals surface area (Å²) in [5.41, 5.74) is 2.60. The maximum Gasteiger partial charge on any atom is 0.336 e. The summed E-state index contributed by atoms with van der Waals surface area (Å²) in [6, 6.07) is 15.2. The zero-order valence-electron chi connectivity index (χ0n) is 18.8. The average molecular weight is 451 g/mol. The van der Waals surface area contributed by atoms with Crippen molar-refractivity contribution in [1.29, 1.82) is 0 Å². The van der Waals surface area contributed by atoms with Crippen molar-refractivity contribution in [2.45, 2.75) is 26.4 Å². The summed E-state index contributed by atoms with van der Waals surface area (Å²) in [5.74, 6) is -2.00. The van der Waals surface area contributed by atoms with Crippen molar-refractivity contribution in [2.75, 3.05) is 14.2 Å². The number of dihydropyridines is 1. The van der Waals surface area contributed by atoms with Crippen molar-refractivity contribution < 1.29 is 24.1 Å². The molecule has 1 unspecified atom stereocenters. The largest absolute Gasteiger partial charge is 0.466 e. The van der Waals surface area contributed by atoms with Gasteiger partial charge in [0, 0.05) is 30.6 Å². The molecular formula is C24H25N3O6. The molecule has 9 heteroatoms. The number of non-ortho nitro benzene ring substituents is 1. The Morgan fingerprint density at radius 1 is 1.06 bits per heavy atom. The maximum absolute atomic E-state index is 13.5. The molecule has 0 aromatic heterocycles. The van der Waals surface area contributed by atoms with E-state index in [9.17, 15) is 19.7 Å². The fourth-order valence-electron chi connectivity index (χ4n) is 3.78. The summed E-state index contributed by atoms with van der Waals surface area (Å²) in [7, 11) is 2.73. The number of hydrogen-bond donors (Lipinski definition) is 1. The van der Waals surface area contributed by atoms with Gasteiger partial charge in [0.05, 0.1) is 29.1 Å². The minimum atomic E-state index is -0.881. The molecule has 172 valence electrons. The molecule has 33 heavy (non-hydrogen) atoms. The number of carbonyl (C=O) groups excluding carboxylic acids is 2. The SMILES string of the molecule is COC(=O)C1=C(C)NC(C)=C(C(=O)N(C)OCc2ccccc2)C1c1cccc([N+](=O)[O-])c1. The number of hydroxylamine groups is 2. The number of nitrogens with zero attached hydrogens (tertiary/aromatic N) is 2. The number of nitrogens with one attached hydrogen (secondary N) is 1. The van der Waals surface area contributed by atoms with Gasteiger partial charge in [-0.3, -0.25) is 19.7 Å². The van der Waals surface area contributed by atoms with E-state index in [-0.39, 0.29) is 23.4 Å². The first-order chi connectivity index (χ1) is 15.7. The number of rotatable bonds is 7. The fourth-order valence-corrected chi connectivity index (χ4v) is 3.78. The van der Waals surface area contributed by atoms with Crippen LogP contribution in [-0.2, 0) is 25.8 Å². The molecule has 0 spiro atoms. The lowest BCUT2D eigenvalue weighted by Gasteiger charge is -2.32. The van der Waals surface area contributed by atoms with Crippen LogP contribution < -0.4 is 5.32 Å². The zero-order valence-corrected chi connectivity index (χ0v) is 18.8. The summed E-state index contributed by atoms with van der Waals surface area (Å²) in [6.45, 7) is 3.57. The Labute approximate surface area is 191 Å². The highest BCUT2D eigenvalue weighted by molar-refractivity contribution is 6.01. The molecule has 1 aliphatic rings. The number of ether oxygens (including phenoxy) is 1. The van der Waals surface area contributed by atoms with Crippen molar-refractivity contribution in [1.82, 2.24) is 10.4 Å². The maximum atomic E-state index is 13.5. The first-order valence-corrected chi connectivity index (χ1v) is 10.2. The molecule has 0 fully saturated rings. The molecule has 0 radical (unpaired) electrons. The predicted molar refractivity (Wildman–Crippen MR) is 120 cm³/mol. The van der Waals surface area contributed by atoms with E-state index in [0.29, 0.717) is 17.0 Å². The van der Waals surface area contributed by atoms with Crippen LogP contribution >= 0.6 is 0 Å². The van der Waals surface area contributed by atoms with Crippen LogP contribution in [0.4, 0.5) is 5.69 Å². The lowest BCUT2D eigenvalue weighted by Crippen LogP contribution is -2.37. The summed E-state index contributed by atoms with van der Waals surface area (Å²) >= 11 is 0. The van der Waals surface area contributed by atoms with Gasteiger partial charge in [0.15, 0.2) is 0 Å². The van der Waals surface area contributed by atoms with Crippen LogP contribution in [0.25, 0.3) is 0 Å². The molecule has 1 heterocycles. The van der Waals surface area contributed by atoms with Crippen LogP contribution in [0.3, 0.4) is 0 Å². The number of esters is 1. The first kappa shape index (κ1) is 23.7. The van der Waals surface area contributed by atoms with Gasteiger partial charge in [0.25, 0.3) is 11.6 Å². The van der Waals surface area contributed by atoms with E-state index in [4.69, 9.17) is 9.57 Å². The monoisotopic (exact) mass is 451 g/mol. The van der Waals surface area contributed by atoms with E-state index >= 15 is 0 Å². The number of nitro groups is 1. The Bertz CT molecular complexity index is 1140. The van der Waals surface area contributed by atoms with Crippen LogP contribution in [0, 0.1) is 10.1 Å². The van der Waals surface area contributed by atoms with Crippen molar-refractivity contribution in [3.63, 3.8) is 0 Å². The highest BCUT2D eigenvalue weighted by Gasteiger charge is 2.38. The third kappa shape index (κ3) is 5.09. The normalized spacial score (nSPS) is 15.7. The first-order valence-electron chi connectivity index (χ1n) is 10.2. The van der Waals surface area contributed by atoms with Crippen molar-refractivity contribution in [2.24, 2.45) is 0 Å². The number of carbonyl (C=O) groups is 2. The molecule has 1 N–H and O–H groups in total. The second kappa shape index (κ2) is 10.1. The smallest absolute Gasteiger partial charge is 0.336 e. The number of amides is 1. The second-order valence-corrected chi connectivity index (χ2v) is 7.54. The van der Waals surface area contributed by atoms with Gasteiger partial charge in [-0.15, -0.1) is 0 Å². The van der Waals surface area contributed by atoms with Gasteiger partial charge in [0.2, 0.25) is 0 Å². The molecule has 2 aromatic rings. The Morgan fingerprint density at radius 2 is 1.73 bits per heavy atom. The van der Waals surface area contributed by atoms with Crippen molar-refractivity contribution >= 4 is 17.6 Å². The van der Waals surface area contributed by atoms with E-state index in [2.05, 4.69) is 5.32 Å². The van der Waals surface area contributed by atoms with E-state index in [1.807, 2.05) is 30.3 Å². The van der Waals surface area contributed by atoms with Gasteiger partial charge in [-0.2, -0.15) is 0 Å². The highest BCUT2D eigenvalue weighted by Crippen LogP contribution is 2.40. The van der Waals surface area contributed by atoms with Crippen molar-refractivity contribution in [3.05, 3.63) is 98.4 Å². The predicted octanol–water partition coefficient (Wildman–Crippen LogP) is 3.59. The van der Waals surface area contributed by atoms with Crippen LogP contribution in [0.2, 0.25) is 0 Å². The Kier molecular flexibility index (Phi) is 7.24. The van der Waals surface area contributed by atoms with Gasteiger partial charge >= 0.3 is 5.97 Å². The number of likely N-dealkylation sites (N-methyl/N-ethyl adjacent to an activating group) is 1. The van der Waals surface area contributed by atoms with Crippen LogP contribution in [-0.4, -0.2) is 36.0 Å². The molecular weight excluding hydrogens is 426 g/mol. The average Bonchev–Trinajstić information content (AvgIpc) is 2.81. The van der Waals surface area contributed by atoms with Crippen molar-refractivity contribution in [3.8, 4) is 0 Å². The van der Waals surface area contributed by atoms with Crippen LogP contribution in [0.1, 0.15) is 30.9 Å². The number of hydrogen-bond acceptors (Lipinski definition) is 7. The van der Waals surface area contributed by atoms with Gasteiger partial charge < -0.3 is 10.1 Å². The number of benzene rings is 2. The molecule has 0 saturated heterocycles. The number of allylic oxidation sites excluding steroid dienone is 2. The minimum absolute atomic E-state index is 0.147. The van der Waals surface area contributed by atoms with Crippen LogP contribution in [0.5, 0.6) is 0 Å². The molecule has 3 rings (SSSR count). The standard InChI is InChI=1S/C24H25N3O6/c1-15-20(23(28)26(3)33-14-17-9-6-5-7-10-17)22(21(16(2)25-15)24(29)32-4)18-11-8-12-19(13-18)27(30)31/h5-13,22,25H,14H2,1-4H3. The molecule has 0 saturated carbocycles. The van der Waals surface area contributed by atoms with Gasteiger partial charge in [-0.1, -0.05) is 42.5 Å². The van der Waals surface area contributed by atoms with Gasteiger partial charge in [-0.05, 0) is 25.0 Å². The molecule has 2 aromatic carbocycles.